The highest BCUT2D eigenvalue weighted by Gasteiger charge is 2.46. The zero-order valence-electron chi connectivity index (χ0n) is 22.9. The molecule has 9 nitrogen and oxygen atoms in total. The van der Waals surface area contributed by atoms with Crippen LogP contribution < -0.4 is 9.47 Å². The lowest BCUT2D eigenvalue weighted by molar-refractivity contribution is -0.140. The molecule has 4 rings (SSSR count). The van der Waals surface area contributed by atoms with E-state index in [1.54, 1.807) is 29.4 Å². The summed E-state index contributed by atoms with van der Waals surface area (Å²) in [5.74, 6) is -0.354. The average Bonchev–Trinajstić information content (AvgIpc) is 3.22. The van der Waals surface area contributed by atoms with Gasteiger partial charge in [0.1, 0.15) is 5.76 Å². The van der Waals surface area contributed by atoms with Gasteiger partial charge in [-0.15, -0.1) is 0 Å². The smallest absolute Gasteiger partial charge is 0.295 e. The standard InChI is InChI=1S/C30H39N3O6/c1-3-5-6-18-39-24-9-8-23(21-25(24)38-4-2)27-26(28(34)22-10-12-31-13-11-22)29(35)30(36)33(27)15-7-14-32-16-19-37-20-17-32/h8-13,21,27,34H,3-7,14-20H2,1-2H3/b28-26+. The van der Waals surface area contributed by atoms with Crippen LogP contribution in [-0.2, 0) is 14.3 Å². The lowest BCUT2D eigenvalue weighted by Gasteiger charge is -2.29. The third-order valence-corrected chi connectivity index (χ3v) is 7.06. The van der Waals surface area contributed by atoms with Gasteiger partial charge >= 0.3 is 0 Å². The minimum Gasteiger partial charge on any atom is -0.507 e. The fourth-order valence-corrected chi connectivity index (χ4v) is 5.03. The molecule has 1 N–H and O–H groups in total. The zero-order chi connectivity index (χ0) is 27.6. The van der Waals surface area contributed by atoms with Gasteiger partial charge in [0.15, 0.2) is 11.5 Å². The van der Waals surface area contributed by atoms with Gasteiger partial charge in [-0.2, -0.15) is 0 Å². The molecule has 1 aromatic carbocycles. The Hall–Kier alpha value is -3.43. The summed E-state index contributed by atoms with van der Waals surface area (Å²) in [5, 5.41) is 11.3. The van der Waals surface area contributed by atoms with Crippen molar-refractivity contribution in [1.82, 2.24) is 14.8 Å². The number of amides is 1. The van der Waals surface area contributed by atoms with Crippen LogP contribution in [0.25, 0.3) is 5.76 Å². The van der Waals surface area contributed by atoms with E-state index >= 15 is 0 Å². The summed E-state index contributed by atoms with van der Waals surface area (Å²) < 4.78 is 17.3. The van der Waals surface area contributed by atoms with Crippen LogP contribution in [-0.4, -0.2) is 84.2 Å². The first-order valence-corrected chi connectivity index (χ1v) is 13.9. The molecule has 9 heteroatoms. The van der Waals surface area contributed by atoms with Crippen molar-refractivity contribution in [2.45, 2.75) is 45.6 Å². The molecule has 0 saturated carbocycles. The van der Waals surface area contributed by atoms with Crippen molar-refractivity contribution in [3.05, 3.63) is 59.4 Å². The Morgan fingerprint density at radius 2 is 1.77 bits per heavy atom. The second-order valence-electron chi connectivity index (χ2n) is 9.73. The first-order chi connectivity index (χ1) is 19.0. The number of hydrogen-bond acceptors (Lipinski definition) is 8. The summed E-state index contributed by atoms with van der Waals surface area (Å²) in [5.41, 5.74) is 1.18. The highest BCUT2D eigenvalue weighted by atomic mass is 16.5. The maximum atomic E-state index is 13.4. The number of aromatic nitrogens is 1. The number of carbonyl (C=O) groups excluding carboxylic acids is 2. The average molecular weight is 538 g/mol. The van der Waals surface area contributed by atoms with E-state index in [0.717, 1.165) is 38.9 Å². The number of ketones is 1. The predicted molar refractivity (Wildman–Crippen MR) is 148 cm³/mol. The van der Waals surface area contributed by atoms with E-state index in [9.17, 15) is 14.7 Å². The molecule has 1 aromatic heterocycles. The van der Waals surface area contributed by atoms with E-state index in [1.807, 2.05) is 25.1 Å². The molecule has 2 saturated heterocycles. The van der Waals surface area contributed by atoms with Crippen molar-refractivity contribution in [2.24, 2.45) is 0 Å². The molecule has 210 valence electrons. The number of aliphatic hydroxyl groups is 1. The number of Topliss-reactive ketones (excluding diaryl/α,β-unsaturated/α-hetero) is 1. The van der Waals surface area contributed by atoms with Crippen molar-refractivity contribution in [1.29, 1.82) is 0 Å². The van der Waals surface area contributed by atoms with Crippen LogP contribution in [0.3, 0.4) is 0 Å². The Balaban J connectivity index is 1.67. The van der Waals surface area contributed by atoms with Crippen molar-refractivity contribution in [2.75, 3.05) is 52.6 Å². The Bertz CT molecular complexity index is 1150. The number of benzene rings is 1. The summed E-state index contributed by atoms with van der Waals surface area (Å²) in [7, 11) is 0. The molecule has 3 heterocycles. The molecule has 2 aromatic rings. The van der Waals surface area contributed by atoms with E-state index in [1.165, 1.54) is 0 Å². The Labute approximate surface area is 230 Å². The van der Waals surface area contributed by atoms with Crippen LogP contribution in [0.15, 0.2) is 48.3 Å². The number of likely N-dealkylation sites (tertiary alicyclic amines) is 1. The van der Waals surface area contributed by atoms with Gasteiger partial charge in [0.25, 0.3) is 11.7 Å². The summed E-state index contributed by atoms with van der Waals surface area (Å²) in [6.45, 7) is 9.31. The molecule has 0 bridgehead atoms. The maximum absolute atomic E-state index is 13.4. The molecule has 39 heavy (non-hydrogen) atoms. The number of aliphatic hydroxyl groups excluding tert-OH is 1. The van der Waals surface area contributed by atoms with Crippen molar-refractivity contribution < 1.29 is 28.9 Å². The van der Waals surface area contributed by atoms with Crippen molar-refractivity contribution in [3.63, 3.8) is 0 Å². The Kier molecular flexibility index (Phi) is 10.3. The molecule has 0 spiro atoms. The van der Waals surface area contributed by atoms with Gasteiger partial charge in [-0.1, -0.05) is 25.8 Å². The number of nitrogens with zero attached hydrogens (tertiary/aromatic N) is 3. The third-order valence-electron chi connectivity index (χ3n) is 7.06. The number of ether oxygens (including phenoxy) is 3. The fourth-order valence-electron chi connectivity index (χ4n) is 5.03. The quantitative estimate of drug-likeness (QED) is 0.176. The van der Waals surface area contributed by atoms with Crippen molar-refractivity contribution >= 4 is 17.4 Å². The second-order valence-corrected chi connectivity index (χ2v) is 9.73. The normalized spacial score (nSPS) is 19.4. The van der Waals surface area contributed by atoms with E-state index < -0.39 is 17.7 Å². The first-order valence-electron chi connectivity index (χ1n) is 13.9. The molecule has 2 fully saturated rings. The summed E-state index contributed by atoms with van der Waals surface area (Å²) >= 11 is 0. The Morgan fingerprint density at radius 3 is 2.49 bits per heavy atom. The number of carbonyl (C=O) groups is 2. The lowest BCUT2D eigenvalue weighted by Crippen LogP contribution is -2.39. The molecule has 1 unspecified atom stereocenters. The molecule has 1 atom stereocenters. The lowest BCUT2D eigenvalue weighted by atomic mass is 9.95. The van der Waals surface area contributed by atoms with Gasteiger partial charge in [-0.05, 0) is 49.6 Å². The highest BCUT2D eigenvalue weighted by Crippen LogP contribution is 2.42. The maximum Gasteiger partial charge on any atom is 0.295 e. The molecular formula is C30H39N3O6. The minimum absolute atomic E-state index is 0.0663. The highest BCUT2D eigenvalue weighted by molar-refractivity contribution is 6.46. The number of morpholine rings is 1. The second kappa shape index (κ2) is 14.1. The van der Waals surface area contributed by atoms with Gasteiger partial charge in [-0.3, -0.25) is 19.5 Å². The summed E-state index contributed by atoms with van der Waals surface area (Å²) in [6.07, 6.45) is 6.90. The van der Waals surface area contributed by atoms with Gasteiger partial charge in [0.05, 0.1) is 38.0 Å². The van der Waals surface area contributed by atoms with E-state index in [0.29, 0.717) is 62.0 Å². The number of pyridine rings is 1. The van der Waals surface area contributed by atoms with Crippen LogP contribution in [0, 0.1) is 0 Å². The molecular weight excluding hydrogens is 498 g/mol. The van der Waals surface area contributed by atoms with Crippen molar-refractivity contribution in [3.8, 4) is 11.5 Å². The molecule has 0 radical (unpaired) electrons. The van der Waals surface area contributed by atoms with Gasteiger partial charge < -0.3 is 24.2 Å². The monoisotopic (exact) mass is 537 g/mol. The van der Waals surface area contributed by atoms with E-state index in [-0.39, 0.29) is 11.3 Å². The topological polar surface area (TPSA) is 101 Å². The summed E-state index contributed by atoms with van der Waals surface area (Å²) in [6, 6.07) is 7.99. The van der Waals surface area contributed by atoms with Crippen LogP contribution in [0.1, 0.15) is 56.7 Å². The van der Waals surface area contributed by atoms with E-state index in [2.05, 4.69) is 16.8 Å². The number of unbranched alkanes of at least 4 members (excludes halogenated alkanes) is 2. The first kappa shape index (κ1) is 28.6. The summed E-state index contributed by atoms with van der Waals surface area (Å²) in [4.78, 5) is 34.5. The number of rotatable bonds is 13. The molecule has 0 aliphatic carbocycles. The predicted octanol–water partition coefficient (Wildman–Crippen LogP) is 4.19. The van der Waals surface area contributed by atoms with Gasteiger partial charge in [0, 0.05) is 44.1 Å². The van der Waals surface area contributed by atoms with Gasteiger partial charge in [-0.25, -0.2) is 0 Å². The van der Waals surface area contributed by atoms with Crippen LogP contribution >= 0.6 is 0 Å². The largest absolute Gasteiger partial charge is 0.507 e. The van der Waals surface area contributed by atoms with Crippen LogP contribution in [0.4, 0.5) is 0 Å². The molecule has 2 aliphatic heterocycles. The van der Waals surface area contributed by atoms with Crippen LogP contribution in [0.2, 0.25) is 0 Å². The number of hydrogen-bond donors (Lipinski definition) is 1. The Morgan fingerprint density at radius 1 is 1.00 bits per heavy atom. The van der Waals surface area contributed by atoms with Gasteiger partial charge in [0.2, 0.25) is 0 Å². The third kappa shape index (κ3) is 6.96. The fraction of sp³-hybridized carbons (Fsp3) is 0.500. The minimum atomic E-state index is -0.754. The SMILES string of the molecule is CCCCCOc1ccc(C2/C(=C(\O)c3ccncc3)C(=O)C(=O)N2CCCN2CCOCC2)cc1OCC. The van der Waals surface area contributed by atoms with Crippen LogP contribution in [0.5, 0.6) is 11.5 Å². The zero-order valence-corrected chi connectivity index (χ0v) is 22.9. The molecule has 2 aliphatic rings. The molecule has 1 amide bonds. The van der Waals surface area contributed by atoms with E-state index in [4.69, 9.17) is 14.2 Å².